The zero-order valence-electron chi connectivity index (χ0n) is 20.2. The number of hydrogen-bond acceptors (Lipinski definition) is 6. The van der Waals surface area contributed by atoms with Gasteiger partial charge in [0.05, 0.1) is 0 Å². The van der Waals surface area contributed by atoms with Crippen molar-refractivity contribution in [2.75, 3.05) is 19.8 Å². The molecule has 6 rings (SSSR count). The van der Waals surface area contributed by atoms with Gasteiger partial charge in [-0.15, -0.1) is 0 Å². The van der Waals surface area contributed by atoms with E-state index in [-0.39, 0.29) is 35.5 Å². The highest BCUT2D eigenvalue weighted by Gasteiger charge is 2.28. The Morgan fingerprint density at radius 1 is 1.11 bits per heavy atom. The molecule has 2 atom stereocenters. The van der Waals surface area contributed by atoms with Crippen LogP contribution in [0.15, 0.2) is 42.5 Å². The minimum atomic E-state index is -0.620. The maximum atomic E-state index is 14.8. The average molecular weight is 524 g/mol. The van der Waals surface area contributed by atoms with Gasteiger partial charge >= 0.3 is 0 Å². The van der Waals surface area contributed by atoms with E-state index in [0.717, 1.165) is 47.5 Å². The van der Waals surface area contributed by atoms with Crippen LogP contribution in [0.1, 0.15) is 42.1 Å². The van der Waals surface area contributed by atoms with E-state index in [0.29, 0.717) is 31.7 Å². The summed E-state index contributed by atoms with van der Waals surface area (Å²) in [4.78, 5) is 15.4. The Hall–Kier alpha value is -3.36. The van der Waals surface area contributed by atoms with Gasteiger partial charge in [0.25, 0.3) is 0 Å². The van der Waals surface area contributed by atoms with Crippen molar-refractivity contribution in [2.45, 2.75) is 44.4 Å². The monoisotopic (exact) mass is 523 g/mol. The van der Waals surface area contributed by atoms with E-state index in [9.17, 15) is 9.18 Å². The second-order valence-electron chi connectivity index (χ2n) is 9.54. The fraction of sp³-hybridized carbons (Fsp3) is 0.357. The number of benzene rings is 2. The second-order valence-corrected chi connectivity index (χ2v) is 9.94. The molecule has 1 amide bonds. The molecule has 3 heterocycles. The van der Waals surface area contributed by atoms with E-state index in [4.69, 9.17) is 25.8 Å². The summed E-state index contributed by atoms with van der Waals surface area (Å²) in [6, 6.07) is 13.8. The molecule has 1 fully saturated rings. The molecule has 9 heteroatoms. The zero-order valence-corrected chi connectivity index (χ0v) is 20.9. The third kappa shape index (κ3) is 4.95. The maximum absolute atomic E-state index is 14.8. The summed E-state index contributed by atoms with van der Waals surface area (Å²) in [6.45, 7) is 1.92. The third-order valence-electron chi connectivity index (χ3n) is 7.08. The van der Waals surface area contributed by atoms with Gasteiger partial charge in [0.1, 0.15) is 24.3 Å². The minimum absolute atomic E-state index is 0.0519. The summed E-state index contributed by atoms with van der Waals surface area (Å²) >= 11 is 6.46. The van der Waals surface area contributed by atoms with Crippen LogP contribution < -0.4 is 24.8 Å². The van der Waals surface area contributed by atoms with Gasteiger partial charge in [-0.05, 0) is 59.7 Å². The maximum Gasteiger partial charge on any atom is 0.235 e. The molecule has 0 unspecified atom stereocenters. The molecule has 1 aliphatic carbocycles. The molecule has 37 heavy (non-hydrogen) atoms. The predicted molar refractivity (Wildman–Crippen MR) is 137 cm³/mol. The number of fused-ring (bicyclic) bond motifs is 2. The van der Waals surface area contributed by atoms with Crippen LogP contribution in [0, 0.1) is 5.95 Å². The van der Waals surface area contributed by atoms with Crippen molar-refractivity contribution in [3.8, 4) is 28.5 Å². The van der Waals surface area contributed by atoms with Crippen LogP contribution in [0.25, 0.3) is 11.1 Å². The van der Waals surface area contributed by atoms with Crippen molar-refractivity contribution in [3.63, 3.8) is 0 Å². The third-order valence-corrected chi connectivity index (χ3v) is 7.35. The van der Waals surface area contributed by atoms with Crippen LogP contribution in [-0.2, 0) is 17.8 Å². The number of aromatic nitrogens is 1. The molecular weight excluding hydrogens is 497 g/mol. The molecular formula is C28H27ClFN3O4. The summed E-state index contributed by atoms with van der Waals surface area (Å²) in [5.41, 5.74) is 4.77. The van der Waals surface area contributed by atoms with Gasteiger partial charge in [-0.1, -0.05) is 35.9 Å². The molecule has 3 aromatic rings. The number of nitrogens with one attached hydrogen (secondary N) is 2. The first-order valence-electron chi connectivity index (χ1n) is 12.6. The van der Waals surface area contributed by atoms with Crippen molar-refractivity contribution in [1.29, 1.82) is 0 Å². The van der Waals surface area contributed by atoms with E-state index in [1.807, 2.05) is 30.3 Å². The lowest BCUT2D eigenvalue weighted by Crippen LogP contribution is -2.35. The van der Waals surface area contributed by atoms with Crippen molar-refractivity contribution in [1.82, 2.24) is 15.6 Å². The number of ether oxygens (including phenoxy) is 3. The van der Waals surface area contributed by atoms with Crippen LogP contribution in [0.5, 0.6) is 17.4 Å². The van der Waals surface area contributed by atoms with E-state index >= 15 is 0 Å². The van der Waals surface area contributed by atoms with Crippen LogP contribution in [0.4, 0.5) is 4.39 Å². The zero-order chi connectivity index (χ0) is 25.4. The molecule has 7 nitrogen and oxygen atoms in total. The van der Waals surface area contributed by atoms with Crippen LogP contribution in [-0.4, -0.2) is 36.7 Å². The second kappa shape index (κ2) is 10.2. The molecule has 3 aliphatic rings. The van der Waals surface area contributed by atoms with Gasteiger partial charge in [0, 0.05) is 31.1 Å². The van der Waals surface area contributed by atoms with E-state index in [1.165, 1.54) is 5.56 Å². The fourth-order valence-corrected chi connectivity index (χ4v) is 5.48. The quantitative estimate of drug-likeness (QED) is 0.435. The number of rotatable bonds is 7. The highest BCUT2D eigenvalue weighted by molar-refractivity contribution is 6.31. The smallest absolute Gasteiger partial charge is 0.235 e. The van der Waals surface area contributed by atoms with Crippen LogP contribution in [0.2, 0.25) is 5.02 Å². The average Bonchev–Trinajstić information content (AvgIpc) is 3.52. The van der Waals surface area contributed by atoms with Crippen LogP contribution >= 0.6 is 11.6 Å². The number of hydrogen-bond donors (Lipinski definition) is 2. The molecule has 2 N–H and O–H groups in total. The fourth-order valence-electron chi connectivity index (χ4n) is 5.26. The number of carbonyl (C=O) groups excluding carboxylic acids is 1. The first-order chi connectivity index (χ1) is 18.0. The first kappa shape index (κ1) is 24.0. The van der Waals surface area contributed by atoms with Crippen molar-refractivity contribution < 1.29 is 23.4 Å². The Morgan fingerprint density at radius 2 is 1.97 bits per heavy atom. The normalized spacial score (nSPS) is 20.0. The molecule has 0 saturated carbocycles. The lowest BCUT2D eigenvalue weighted by atomic mass is 9.96. The van der Waals surface area contributed by atoms with Crippen molar-refractivity contribution >= 4 is 17.5 Å². The summed E-state index contributed by atoms with van der Waals surface area (Å²) < 4.78 is 32.4. The first-order valence-corrected chi connectivity index (χ1v) is 13.0. The van der Waals surface area contributed by atoms with Gasteiger partial charge < -0.3 is 24.8 Å². The Labute approximate surface area is 219 Å². The molecule has 2 aliphatic heterocycles. The largest absolute Gasteiger partial charge is 0.486 e. The van der Waals surface area contributed by atoms with E-state index < -0.39 is 5.95 Å². The topological polar surface area (TPSA) is 81.7 Å². The SMILES string of the molecule is O=C1CC[C@@H](CNCc2cc(Cl)c(O[C@H]3CCc4c(-c5ccc6c(c5)OCCO6)cccc43)nc2F)N1. The summed E-state index contributed by atoms with van der Waals surface area (Å²) in [5, 5.41) is 6.32. The van der Waals surface area contributed by atoms with Gasteiger partial charge in [-0.2, -0.15) is 9.37 Å². The summed E-state index contributed by atoms with van der Waals surface area (Å²) in [7, 11) is 0. The Bertz CT molecular complexity index is 1350. The number of amides is 1. The van der Waals surface area contributed by atoms with Gasteiger partial charge in [0.15, 0.2) is 11.5 Å². The van der Waals surface area contributed by atoms with E-state index in [1.54, 1.807) is 6.07 Å². The molecule has 1 aromatic heterocycles. The number of nitrogens with zero attached hydrogens (tertiary/aromatic N) is 1. The molecule has 1 saturated heterocycles. The molecule has 192 valence electrons. The van der Waals surface area contributed by atoms with Gasteiger partial charge in [-0.3, -0.25) is 4.79 Å². The standard InChI is InChI=1S/C28H27ClFN3O4/c29-22-12-17(14-31-15-18-5-9-26(34)32-18)27(30)33-28(22)37-23-8-6-20-19(2-1-3-21(20)23)16-4-7-24-25(13-16)36-11-10-35-24/h1-4,7,12-13,18,23,31H,5-6,8-11,14-15H2,(H,32,34)/t18-,23-/m0/s1. The van der Waals surface area contributed by atoms with Gasteiger partial charge in [0.2, 0.25) is 17.7 Å². The number of carbonyl (C=O) groups is 1. The van der Waals surface area contributed by atoms with E-state index in [2.05, 4.69) is 21.7 Å². The Balaban J connectivity index is 1.16. The Kier molecular flexibility index (Phi) is 6.61. The highest BCUT2D eigenvalue weighted by atomic mass is 35.5. The van der Waals surface area contributed by atoms with Gasteiger partial charge in [-0.25, -0.2) is 0 Å². The predicted octanol–water partition coefficient (Wildman–Crippen LogP) is 4.75. The number of halogens is 2. The van der Waals surface area contributed by atoms with Crippen molar-refractivity contribution in [3.05, 3.63) is 70.1 Å². The summed E-state index contributed by atoms with van der Waals surface area (Å²) in [6.07, 6.45) is 2.60. The molecule has 2 aromatic carbocycles. The molecule has 0 radical (unpaired) electrons. The van der Waals surface area contributed by atoms with Crippen molar-refractivity contribution in [2.24, 2.45) is 0 Å². The molecule has 0 spiro atoms. The highest BCUT2D eigenvalue weighted by Crippen LogP contribution is 2.43. The number of pyridine rings is 1. The lowest BCUT2D eigenvalue weighted by molar-refractivity contribution is -0.119. The minimum Gasteiger partial charge on any atom is -0.486 e. The Morgan fingerprint density at radius 3 is 2.81 bits per heavy atom. The molecule has 0 bridgehead atoms. The lowest BCUT2D eigenvalue weighted by Gasteiger charge is -2.20. The van der Waals surface area contributed by atoms with Crippen LogP contribution in [0.3, 0.4) is 0 Å². The summed E-state index contributed by atoms with van der Waals surface area (Å²) in [5.74, 6) is 1.03.